The summed E-state index contributed by atoms with van der Waals surface area (Å²) in [6.07, 6.45) is 0. The first-order chi connectivity index (χ1) is 8.10. The van der Waals surface area contributed by atoms with E-state index in [0.29, 0.717) is 17.9 Å². The normalized spacial score (nSPS) is 9.56. The monoisotopic (exact) mass is 336 g/mol. The molecule has 0 aliphatic heterocycles. The molecule has 1 rings (SSSR count). The number of benzene rings is 1. The molecule has 6 heteroatoms. The van der Waals surface area contributed by atoms with Gasteiger partial charge in [0.2, 0.25) is 0 Å². The molecule has 102 valence electrons. The van der Waals surface area contributed by atoms with Gasteiger partial charge in [-0.1, -0.05) is 0 Å². The van der Waals surface area contributed by atoms with E-state index in [9.17, 15) is 4.79 Å². The number of carbonyl (C=O) groups excluding carboxylic acids is 1. The first kappa shape index (κ1) is 17.2. The quantitative estimate of drug-likeness (QED) is 0.895. The highest BCUT2D eigenvalue weighted by Crippen LogP contribution is 2.23. The number of nitrogens with zero attached hydrogens (tertiary/aromatic N) is 1. The molecule has 1 aromatic rings. The second kappa shape index (κ2) is 8.34. The van der Waals surface area contributed by atoms with Crippen molar-refractivity contribution in [3.8, 4) is 5.75 Å². The fourth-order valence-electron chi connectivity index (χ4n) is 1.38. The molecular weight excluding hydrogens is 320 g/mol. The van der Waals surface area contributed by atoms with Crippen molar-refractivity contribution in [3.05, 3.63) is 28.2 Å². The van der Waals surface area contributed by atoms with Crippen LogP contribution in [-0.4, -0.2) is 45.1 Å². The number of halogens is 2. The van der Waals surface area contributed by atoms with Crippen LogP contribution in [0, 0.1) is 0 Å². The van der Waals surface area contributed by atoms with Gasteiger partial charge in [0.05, 0.1) is 12.7 Å². The smallest absolute Gasteiger partial charge is 0.254 e. The molecule has 0 heterocycles. The largest absolute Gasteiger partial charge is 0.497 e. The molecule has 1 aromatic carbocycles. The Labute approximate surface area is 122 Å². The van der Waals surface area contributed by atoms with Crippen LogP contribution in [0.1, 0.15) is 10.4 Å². The predicted octanol–water partition coefficient (Wildman–Crippen LogP) is 2.17. The number of rotatable bonds is 5. The van der Waals surface area contributed by atoms with Gasteiger partial charge in [0.15, 0.2) is 0 Å². The maximum absolute atomic E-state index is 12.2. The van der Waals surface area contributed by atoms with Crippen LogP contribution in [0.3, 0.4) is 0 Å². The van der Waals surface area contributed by atoms with Gasteiger partial charge in [-0.15, -0.1) is 12.4 Å². The Morgan fingerprint density at radius 1 is 1.50 bits per heavy atom. The van der Waals surface area contributed by atoms with Crippen molar-refractivity contribution >= 4 is 34.2 Å². The summed E-state index contributed by atoms with van der Waals surface area (Å²) in [6, 6.07) is 5.37. The highest BCUT2D eigenvalue weighted by molar-refractivity contribution is 9.10. The van der Waals surface area contributed by atoms with Gasteiger partial charge < -0.3 is 15.0 Å². The molecule has 0 fully saturated rings. The standard InChI is InChI=1S/C12H17BrN2O2.ClH/c1-14-6-7-15(2)12(16)10-8-9(17-3)4-5-11(10)13;/h4-5,8,14H,6-7H2,1-3H3;1H. The maximum atomic E-state index is 12.2. The van der Waals surface area contributed by atoms with Crippen molar-refractivity contribution in [1.82, 2.24) is 10.2 Å². The summed E-state index contributed by atoms with van der Waals surface area (Å²) in [6.45, 7) is 1.43. The van der Waals surface area contributed by atoms with Gasteiger partial charge in [-0.2, -0.15) is 0 Å². The van der Waals surface area contributed by atoms with Gasteiger partial charge in [0, 0.05) is 24.6 Å². The first-order valence-electron chi connectivity index (χ1n) is 5.33. The van der Waals surface area contributed by atoms with Crippen LogP contribution in [0.2, 0.25) is 0 Å². The van der Waals surface area contributed by atoms with Crippen LogP contribution in [0.25, 0.3) is 0 Å². The zero-order valence-corrected chi connectivity index (χ0v) is 13.1. The van der Waals surface area contributed by atoms with Crippen LogP contribution >= 0.6 is 28.3 Å². The summed E-state index contributed by atoms with van der Waals surface area (Å²) < 4.78 is 5.89. The lowest BCUT2D eigenvalue weighted by Crippen LogP contribution is -2.32. The third-order valence-electron chi connectivity index (χ3n) is 2.45. The molecule has 0 spiro atoms. The van der Waals surface area contributed by atoms with Gasteiger partial charge >= 0.3 is 0 Å². The van der Waals surface area contributed by atoms with Crippen LogP contribution in [0.4, 0.5) is 0 Å². The second-order valence-corrected chi connectivity index (χ2v) is 4.53. The molecule has 0 saturated heterocycles. The first-order valence-corrected chi connectivity index (χ1v) is 6.13. The van der Waals surface area contributed by atoms with E-state index in [1.165, 1.54) is 0 Å². The second-order valence-electron chi connectivity index (χ2n) is 3.68. The van der Waals surface area contributed by atoms with Gasteiger partial charge in [-0.25, -0.2) is 0 Å². The number of carbonyl (C=O) groups is 1. The van der Waals surface area contributed by atoms with E-state index in [2.05, 4.69) is 21.2 Å². The molecule has 0 aliphatic carbocycles. The summed E-state index contributed by atoms with van der Waals surface area (Å²) in [5.41, 5.74) is 0.614. The molecule has 0 unspecified atom stereocenters. The average Bonchev–Trinajstić information content (AvgIpc) is 2.35. The molecule has 0 radical (unpaired) electrons. The van der Waals surface area contributed by atoms with Gasteiger partial charge in [0.25, 0.3) is 5.91 Å². The Morgan fingerprint density at radius 3 is 2.72 bits per heavy atom. The fraction of sp³-hybridized carbons (Fsp3) is 0.417. The van der Waals surface area contributed by atoms with E-state index < -0.39 is 0 Å². The van der Waals surface area contributed by atoms with E-state index >= 15 is 0 Å². The predicted molar refractivity (Wildman–Crippen MR) is 78.8 cm³/mol. The van der Waals surface area contributed by atoms with Crippen LogP contribution < -0.4 is 10.1 Å². The molecule has 4 nitrogen and oxygen atoms in total. The fourth-order valence-corrected chi connectivity index (χ4v) is 1.80. The molecule has 1 amide bonds. The molecule has 0 atom stereocenters. The molecule has 0 aromatic heterocycles. The molecule has 0 bridgehead atoms. The summed E-state index contributed by atoms with van der Waals surface area (Å²) >= 11 is 3.38. The Kier molecular flexibility index (Phi) is 7.98. The minimum atomic E-state index is -0.0222. The van der Waals surface area contributed by atoms with Crippen LogP contribution in [0.5, 0.6) is 5.75 Å². The van der Waals surface area contributed by atoms with E-state index in [0.717, 1.165) is 11.0 Å². The van der Waals surface area contributed by atoms with Gasteiger partial charge in [-0.05, 0) is 41.2 Å². The number of amides is 1. The molecule has 0 saturated carbocycles. The van der Waals surface area contributed by atoms with Crippen molar-refractivity contribution < 1.29 is 9.53 Å². The van der Waals surface area contributed by atoms with Crippen LogP contribution in [0.15, 0.2) is 22.7 Å². The van der Waals surface area contributed by atoms with Gasteiger partial charge in [0.1, 0.15) is 5.75 Å². The van der Waals surface area contributed by atoms with E-state index in [1.54, 1.807) is 25.1 Å². The number of nitrogens with one attached hydrogen (secondary N) is 1. The van der Waals surface area contributed by atoms with Crippen molar-refractivity contribution in [3.63, 3.8) is 0 Å². The Balaban J connectivity index is 0.00000289. The highest BCUT2D eigenvalue weighted by Gasteiger charge is 2.15. The number of ether oxygens (including phenoxy) is 1. The average molecular weight is 338 g/mol. The lowest BCUT2D eigenvalue weighted by molar-refractivity contribution is 0.0795. The van der Waals surface area contributed by atoms with Crippen LogP contribution in [-0.2, 0) is 0 Å². The van der Waals surface area contributed by atoms with Crippen molar-refractivity contribution in [2.45, 2.75) is 0 Å². The molecule has 18 heavy (non-hydrogen) atoms. The van der Waals surface area contributed by atoms with E-state index in [4.69, 9.17) is 4.74 Å². The maximum Gasteiger partial charge on any atom is 0.254 e. The Bertz CT molecular complexity index is 402. The number of hydrogen-bond acceptors (Lipinski definition) is 3. The summed E-state index contributed by atoms with van der Waals surface area (Å²) in [4.78, 5) is 13.8. The highest BCUT2D eigenvalue weighted by atomic mass is 79.9. The SMILES string of the molecule is CNCCN(C)C(=O)c1cc(OC)ccc1Br.Cl. The zero-order chi connectivity index (χ0) is 12.8. The summed E-state index contributed by atoms with van der Waals surface area (Å²) in [5, 5.41) is 3.01. The van der Waals surface area contributed by atoms with E-state index in [1.807, 2.05) is 19.2 Å². The topological polar surface area (TPSA) is 41.6 Å². The number of methoxy groups -OCH3 is 1. The third kappa shape index (κ3) is 4.48. The minimum absolute atomic E-state index is 0. The van der Waals surface area contributed by atoms with Crippen molar-refractivity contribution in [2.75, 3.05) is 34.3 Å². The lowest BCUT2D eigenvalue weighted by atomic mass is 10.2. The number of hydrogen-bond donors (Lipinski definition) is 1. The van der Waals surface area contributed by atoms with Gasteiger partial charge in [-0.3, -0.25) is 4.79 Å². The Hall–Kier alpha value is -0.780. The lowest BCUT2D eigenvalue weighted by Gasteiger charge is -2.18. The third-order valence-corrected chi connectivity index (χ3v) is 3.14. The Morgan fingerprint density at radius 2 is 2.17 bits per heavy atom. The molecule has 0 aliphatic rings. The number of likely N-dealkylation sites (N-methyl/N-ethyl adjacent to an activating group) is 2. The summed E-state index contributed by atoms with van der Waals surface area (Å²) in [7, 11) is 5.23. The summed E-state index contributed by atoms with van der Waals surface area (Å²) in [5.74, 6) is 0.657. The van der Waals surface area contributed by atoms with Crippen molar-refractivity contribution in [1.29, 1.82) is 0 Å². The molecular formula is C12H18BrClN2O2. The van der Waals surface area contributed by atoms with Crippen molar-refractivity contribution in [2.24, 2.45) is 0 Å². The minimum Gasteiger partial charge on any atom is -0.497 e. The zero-order valence-electron chi connectivity index (χ0n) is 10.7. The molecule has 1 N–H and O–H groups in total. The van der Waals surface area contributed by atoms with E-state index in [-0.39, 0.29) is 18.3 Å².